The molecule has 6 heteroatoms. The second-order valence-corrected chi connectivity index (χ2v) is 6.11. The van der Waals surface area contributed by atoms with Crippen molar-refractivity contribution < 1.29 is 9.53 Å². The summed E-state index contributed by atoms with van der Waals surface area (Å²) in [4.78, 5) is 11.4. The average molecular weight is 308 g/mol. The number of ether oxygens (including phenoxy) is 1. The van der Waals surface area contributed by atoms with Crippen LogP contribution in [0.3, 0.4) is 0 Å². The van der Waals surface area contributed by atoms with Crippen molar-refractivity contribution in [2.24, 2.45) is 7.05 Å². The van der Waals surface area contributed by atoms with Gasteiger partial charge >= 0.3 is 6.09 Å². The van der Waals surface area contributed by atoms with Gasteiger partial charge in [-0.05, 0) is 27.2 Å². The van der Waals surface area contributed by atoms with E-state index >= 15 is 0 Å². The van der Waals surface area contributed by atoms with Crippen molar-refractivity contribution in [3.8, 4) is 0 Å². The van der Waals surface area contributed by atoms with Crippen LogP contribution in [0.25, 0.3) is 0 Å². The Morgan fingerprint density at radius 3 is 2.68 bits per heavy atom. The Morgan fingerprint density at radius 1 is 1.36 bits per heavy atom. The molecule has 0 aliphatic heterocycles. The van der Waals surface area contributed by atoms with Gasteiger partial charge in [-0.25, -0.2) is 4.79 Å². The van der Waals surface area contributed by atoms with Crippen molar-refractivity contribution in [3.05, 3.63) is 29.6 Å². The van der Waals surface area contributed by atoms with Crippen molar-refractivity contribution in [2.75, 3.05) is 13.1 Å². The molecule has 1 aromatic heterocycles. The van der Waals surface area contributed by atoms with Crippen LogP contribution in [0.2, 0.25) is 0 Å². The monoisotopic (exact) mass is 308 g/mol. The van der Waals surface area contributed by atoms with E-state index in [4.69, 9.17) is 4.74 Å². The number of amides is 1. The summed E-state index contributed by atoms with van der Waals surface area (Å²) in [7, 11) is 1.94. The number of hydrogen-bond donors (Lipinski definition) is 2. The Kier molecular flexibility index (Phi) is 7.11. The summed E-state index contributed by atoms with van der Waals surface area (Å²) >= 11 is 0. The Labute approximate surface area is 132 Å². The SMILES string of the molecule is CCc1nn(C)cc1CNC/C=C/CNC(=O)OC(C)(C)C. The highest BCUT2D eigenvalue weighted by molar-refractivity contribution is 5.67. The third-order valence-electron chi connectivity index (χ3n) is 2.83. The number of nitrogens with zero attached hydrogens (tertiary/aromatic N) is 2. The van der Waals surface area contributed by atoms with E-state index in [2.05, 4.69) is 22.7 Å². The molecule has 0 bridgehead atoms. The molecule has 124 valence electrons. The van der Waals surface area contributed by atoms with E-state index < -0.39 is 11.7 Å². The molecule has 0 aliphatic rings. The summed E-state index contributed by atoms with van der Waals surface area (Å²) in [5, 5.41) is 10.4. The molecule has 0 saturated carbocycles. The maximum Gasteiger partial charge on any atom is 0.407 e. The molecule has 0 aliphatic carbocycles. The highest BCUT2D eigenvalue weighted by Crippen LogP contribution is 2.07. The first-order chi connectivity index (χ1) is 10.3. The fraction of sp³-hybridized carbons (Fsp3) is 0.625. The van der Waals surface area contributed by atoms with Crippen molar-refractivity contribution in [2.45, 2.75) is 46.3 Å². The molecular formula is C16H28N4O2. The molecule has 22 heavy (non-hydrogen) atoms. The fourth-order valence-corrected chi connectivity index (χ4v) is 1.94. The van der Waals surface area contributed by atoms with E-state index in [-0.39, 0.29) is 0 Å². The summed E-state index contributed by atoms with van der Waals surface area (Å²) < 4.78 is 6.99. The average Bonchev–Trinajstić information content (AvgIpc) is 2.76. The van der Waals surface area contributed by atoms with Gasteiger partial charge in [-0.15, -0.1) is 0 Å². The summed E-state index contributed by atoms with van der Waals surface area (Å²) in [6, 6.07) is 0. The molecule has 0 atom stereocenters. The van der Waals surface area contributed by atoms with Gasteiger partial charge in [0, 0.05) is 38.4 Å². The summed E-state index contributed by atoms with van der Waals surface area (Å²) in [6.07, 6.45) is 6.47. The van der Waals surface area contributed by atoms with Gasteiger partial charge < -0.3 is 15.4 Å². The van der Waals surface area contributed by atoms with Crippen LogP contribution < -0.4 is 10.6 Å². The number of alkyl carbamates (subject to hydrolysis) is 1. The molecule has 0 aromatic carbocycles. The number of rotatable bonds is 7. The maximum absolute atomic E-state index is 11.4. The highest BCUT2D eigenvalue weighted by Gasteiger charge is 2.14. The van der Waals surface area contributed by atoms with Crippen LogP contribution in [0.1, 0.15) is 39.0 Å². The smallest absolute Gasteiger partial charge is 0.407 e. The molecule has 1 aromatic rings. The molecular weight excluding hydrogens is 280 g/mol. The van der Waals surface area contributed by atoms with E-state index in [0.717, 1.165) is 25.2 Å². The van der Waals surface area contributed by atoms with Crippen molar-refractivity contribution in [1.82, 2.24) is 20.4 Å². The molecule has 0 fully saturated rings. The lowest BCUT2D eigenvalue weighted by molar-refractivity contribution is 0.0534. The fourth-order valence-electron chi connectivity index (χ4n) is 1.94. The first-order valence-corrected chi connectivity index (χ1v) is 7.65. The first kappa shape index (κ1) is 18.2. The van der Waals surface area contributed by atoms with Crippen LogP contribution in [-0.2, 0) is 24.8 Å². The summed E-state index contributed by atoms with van der Waals surface area (Å²) in [6.45, 7) is 9.63. The number of carbonyl (C=O) groups is 1. The lowest BCUT2D eigenvalue weighted by Crippen LogP contribution is -2.32. The van der Waals surface area contributed by atoms with Crippen LogP contribution in [0.15, 0.2) is 18.3 Å². The lowest BCUT2D eigenvalue weighted by atomic mass is 10.2. The minimum atomic E-state index is -0.462. The van der Waals surface area contributed by atoms with Gasteiger partial charge in [0.1, 0.15) is 5.60 Å². The van der Waals surface area contributed by atoms with Crippen LogP contribution in [-0.4, -0.2) is 34.6 Å². The van der Waals surface area contributed by atoms with Gasteiger partial charge in [0.25, 0.3) is 0 Å². The molecule has 1 amide bonds. The predicted octanol–water partition coefficient (Wildman–Crippen LogP) is 2.15. The molecule has 0 spiro atoms. The molecule has 1 heterocycles. The van der Waals surface area contributed by atoms with Crippen LogP contribution in [0.4, 0.5) is 4.79 Å². The molecule has 0 unspecified atom stereocenters. The zero-order chi connectivity index (χ0) is 16.6. The van der Waals surface area contributed by atoms with Crippen LogP contribution >= 0.6 is 0 Å². The topological polar surface area (TPSA) is 68.2 Å². The maximum atomic E-state index is 11.4. The zero-order valence-corrected chi connectivity index (χ0v) is 14.3. The molecule has 6 nitrogen and oxygen atoms in total. The van der Waals surface area contributed by atoms with E-state index in [1.807, 2.05) is 50.8 Å². The second-order valence-electron chi connectivity index (χ2n) is 6.11. The van der Waals surface area contributed by atoms with Crippen molar-refractivity contribution >= 4 is 6.09 Å². The first-order valence-electron chi connectivity index (χ1n) is 7.65. The molecule has 2 N–H and O–H groups in total. The van der Waals surface area contributed by atoms with E-state index in [0.29, 0.717) is 6.54 Å². The quantitative estimate of drug-likeness (QED) is 0.598. The number of aromatic nitrogens is 2. The number of nitrogens with one attached hydrogen (secondary N) is 2. The van der Waals surface area contributed by atoms with Crippen molar-refractivity contribution in [1.29, 1.82) is 0 Å². The summed E-state index contributed by atoms with van der Waals surface area (Å²) in [5.41, 5.74) is 1.90. The van der Waals surface area contributed by atoms with Gasteiger partial charge in [0.15, 0.2) is 0 Å². The lowest BCUT2D eigenvalue weighted by Gasteiger charge is -2.19. The van der Waals surface area contributed by atoms with Crippen molar-refractivity contribution in [3.63, 3.8) is 0 Å². The third-order valence-corrected chi connectivity index (χ3v) is 2.83. The van der Waals surface area contributed by atoms with Gasteiger partial charge in [0.2, 0.25) is 0 Å². The minimum Gasteiger partial charge on any atom is -0.444 e. The molecule has 1 rings (SSSR count). The number of carbonyl (C=O) groups excluding carboxylic acids is 1. The summed E-state index contributed by atoms with van der Waals surface area (Å²) in [5.74, 6) is 0. The zero-order valence-electron chi connectivity index (χ0n) is 14.3. The van der Waals surface area contributed by atoms with Crippen LogP contribution in [0.5, 0.6) is 0 Å². The molecule has 0 saturated heterocycles. The predicted molar refractivity (Wildman–Crippen MR) is 87.7 cm³/mol. The Hall–Kier alpha value is -1.82. The van der Waals surface area contributed by atoms with Gasteiger partial charge in [-0.2, -0.15) is 5.10 Å². The normalized spacial score (nSPS) is 11.9. The Balaban J connectivity index is 2.18. The van der Waals surface area contributed by atoms with E-state index in [9.17, 15) is 4.79 Å². The minimum absolute atomic E-state index is 0.395. The number of aryl methyl sites for hydroxylation is 2. The molecule has 0 radical (unpaired) electrons. The third kappa shape index (κ3) is 7.26. The van der Waals surface area contributed by atoms with Gasteiger partial charge in [-0.1, -0.05) is 19.1 Å². The second kappa shape index (κ2) is 8.58. The van der Waals surface area contributed by atoms with Crippen LogP contribution in [0, 0.1) is 0 Å². The largest absolute Gasteiger partial charge is 0.444 e. The van der Waals surface area contributed by atoms with E-state index in [1.165, 1.54) is 5.56 Å². The highest BCUT2D eigenvalue weighted by atomic mass is 16.6. The number of hydrogen-bond acceptors (Lipinski definition) is 4. The van der Waals surface area contributed by atoms with E-state index in [1.54, 1.807) is 0 Å². The standard InChI is InChI=1S/C16H28N4O2/c1-6-14-13(12-20(5)19-14)11-17-9-7-8-10-18-15(21)22-16(2,3)4/h7-8,12,17H,6,9-11H2,1-5H3,(H,18,21)/b8-7+. The van der Waals surface area contributed by atoms with Gasteiger partial charge in [-0.3, -0.25) is 4.68 Å². The Morgan fingerprint density at radius 2 is 2.05 bits per heavy atom. The van der Waals surface area contributed by atoms with Gasteiger partial charge in [0.05, 0.1) is 5.69 Å². The Bertz CT molecular complexity index is 501.